The number of nitrogens with zero attached hydrogens (tertiary/aromatic N) is 1. The number of ether oxygens (including phenoxy) is 3. The lowest BCUT2D eigenvalue weighted by Crippen LogP contribution is -2.44. The lowest BCUT2D eigenvalue weighted by molar-refractivity contribution is -0.124. The van der Waals surface area contributed by atoms with Crippen LogP contribution < -0.4 is 20.1 Å². The third-order valence-corrected chi connectivity index (χ3v) is 4.61. The minimum atomic E-state index is -0.471. The summed E-state index contributed by atoms with van der Waals surface area (Å²) in [4.78, 5) is 38.9. The second kappa shape index (κ2) is 12.3. The van der Waals surface area contributed by atoms with Gasteiger partial charge in [-0.05, 0) is 31.2 Å². The number of hydrogen-bond acceptors (Lipinski definition) is 6. The number of anilines is 1. The first-order valence-corrected chi connectivity index (χ1v) is 10.0. The number of benzene rings is 2. The first kappa shape index (κ1) is 24.7. The van der Waals surface area contributed by atoms with E-state index in [1.54, 1.807) is 30.3 Å². The van der Waals surface area contributed by atoms with Gasteiger partial charge in [-0.1, -0.05) is 17.7 Å². The minimum absolute atomic E-state index is 0.188. The van der Waals surface area contributed by atoms with Gasteiger partial charge in [0, 0.05) is 25.4 Å². The van der Waals surface area contributed by atoms with Crippen LogP contribution in [0.4, 0.5) is 5.69 Å². The van der Waals surface area contributed by atoms with E-state index in [4.69, 9.17) is 14.2 Å². The fourth-order valence-corrected chi connectivity index (χ4v) is 2.85. The normalized spacial score (nSPS) is 10.2. The van der Waals surface area contributed by atoms with Gasteiger partial charge < -0.3 is 29.7 Å². The monoisotopic (exact) mass is 443 g/mol. The topological polar surface area (TPSA) is 106 Å². The Bertz CT molecular complexity index is 930. The zero-order chi connectivity index (χ0) is 23.5. The van der Waals surface area contributed by atoms with Crippen LogP contribution in [0.5, 0.6) is 11.5 Å². The maximum absolute atomic E-state index is 13.1. The van der Waals surface area contributed by atoms with Gasteiger partial charge in [0.2, 0.25) is 11.8 Å². The van der Waals surface area contributed by atoms with E-state index in [0.29, 0.717) is 17.2 Å². The highest BCUT2D eigenvalue weighted by Crippen LogP contribution is 2.25. The van der Waals surface area contributed by atoms with Crippen LogP contribution in [0.1, 0.15) is 15.9 Å². The molecule has 2 N–H and O–H groups in total. The molecule has 2 rings (SSSR count). The van der Waals surface area contributed by atoms with Crippen molar-refractivity contribution in [1.29, 1.82) is 0 Å². The highest BCUT2D eigenvalue weighted by atomic mass is 16.5. The van der Waals surface area contributed by atoms with Crippen LogP contribution in [0.2, 0.25) is 0 Å². The van der Waals surface area contributed by atoms with Crippen molar-refractivity contribution in [2.45, 2.75) is 6.92 Å². The number of amides is 3. The highest BCUT2D eigenvalue weighted by Gasteiger charge is 2.22. The average Bonchev–Trinajstić information content (AvgIpc) is 2.81. The molecule has 0 aliphatic rings. The molecule has 0 radical (unpaired) electrons. The summed E-state index contributed by atoms with van der Waals surface area (Å²) >= 11 is 0. The van der Waals surface area contributed by atoms with E-state index in [1.807, 2.05) is 19.1 Å². The summed E-state index contributed by atoms with van der Waals surface area (Å²) in [5.41, 5.74) is 2.00. The van der Waals surface area contributed by atoms with E-state index >= 15 is 0 Å². The number of methoxy groups -OCH3 is 3. The van der Waals surface area contributed by atoms with Crippen LogP contribution in [0, 0.1) is 6.92 Å². The van der Waals surface area contributed by atoms with Crippen molar-refractivity contribution >= 4 is 23.4 Å². The summed E-state index contributed by atoms with van der Waals surface area (Å²) in [7, 11) is 4.47. The number of carbonyl (C=O) groups is 3. The van der Waals surface area contributed by atoms with Crippen molar-refractivity contribution in [2.75, 3.05) is 52.9 Å². The summed E-state index contributed by atoms with van der Waals surface area (Å²) in [6.07, 6.45) is 0. The number of aryl methyl sites for hydroxylation is 1. The summed E-state index contributed by atoms with van der Waals surface area (Å²) in [6.45, 7) is 1.92. The van der Waals surface area contributed by atoms with Gasteiger partial charge in [-0.3, -0.25) is 14.4 Å². The van der Waals surface area contributed by atoms with Crippen molar-refractivity contribution in [1.82, 2.24) is 10.2 Å². The standard InChI is InChI=1S/C23H29N3O6/c1-16-5-7-17(8-6-16)25-21(27)14-24-22(28)15-26(11-12-30-2)23(29)19-10-9-18(31-3)13-20(19)32-4/h5-10,13H,11-12,14-15H2,1-4H3,(H,24,28)(H,25,27). The number of hydrogen-bond donors (Lipinski definition) is 2. The van der Waals surface area contributed by atoms with E-state index in [1.165, 1.54) is 26.2 Å². The van der Waals surface area contributed by atoms with Gasteiger partial charge >= 0.3 is 0 Å². The van der Waals surface area contributed by atoms with Crippen LogP contribution >= 0.6 is 0 Å². The maximum Gasteiger partial charge on any atom is 0.258 e. The van der Waals surface area contributed by atoms with Crippen molar-refractivity contribution < 1.29 is 28.6 Å². The minimum Gasteiger partial charge on any atom is -0.497 e. The van der Waals surface area contributed by atoms with Gasteiger partial charge in [-0.15, -0.1) is 0 Å². The summed E-state index contributed by atoms with van der Waals surface area (Å²) in [5.74, 6) is -0.371. The zero-order valence-electron chi connectivity index (χ0n) is 18.8. The van der Waals surface area contributed by atoms with E-state index in [-0.39, 0.29) is 37.7 Å². The Labute approximate surface area is 187 Å². The second-order valence-electron chi connectivity index (χ2n) is 6.98. The number of carbonyl (C=O) groups excluding carboxylic acids is 3. The molecule has 0 aliphatic carbocycles. The molecule has 2 aromatic rings. The van der Waals surface area contributed by atoms with Crippen LogP contribution in [0.15, 0.2) is 42.5 Å². The third-order valence-electron chi connectivity index (χ3n) is 4.61. The molecule has 0 unspecified atom stereocenters. The molecule has 172 valence electrons. The SMILES string of the molecule is COCCN(CC(=O)NCC(=O)Nc1ccc(C)cc1)C(=O)c1ccc(OC)cc1OC. The van der Waals surface area contributed by atoms with E-state index in [2.05, 4.69) is 10.6 Å². The van der Waals surface area contributed by atoms with Gasteiger partial charge in [0.25, 0.3) is 5.91 Å². The maximum atomic E-state index is 13.1. The Morgan fingerprint density at radius 2 is 1.66 bits per heavy atom. The van der Waals surface area contributed by atoms with Gasteiger partial charge in [-0.25, -0.2) is 0 Å². The van der Waals surface area contributed by atoms with Crippen LogP contribution in [0.3, 0.4) is 0 Å². The molecule has 32 heavy (non-hydrogen) atoms. The molecule has 0 spiro atoms. The molecule has 9 nitrogen and oxygen atoms in total. The molecule has 0 fully saturated rings. The Morgan fingerprint density at radius 3 is 2.28 bits per heavy atom. The lowest BCUT2D eigenvalue weighted by atomic mass is 10.1. The first-order valence-electron chi connectivity index (χ1n) is 10.0. The van der Waals surface area contributed by atoms with Crippen LogP contribution in [0.25, 0.3) is 0 Å². The lowest BCUT2D eigenvalue weighted by Gasteiger charge is -2.23. The highest BCUT2D eigenvalue weighted by molar-refractivity contribution is 6.00. The largest absolute Gasteiger partial charge is 0.497 e. The van der Waals surface area contributed by atoms with Gasteiger partial charge in [0.15, 0.2) is 0 Å². The quantitative estimate of drug-likeness (QED) is 0.549. The third kappa shape index (κ3) is 7.28. The van der Waals surface area contributed by atoms with E-state index < -0.39 is 11.8 Å². The fourth-order valence-electron chi connectivity index (χ4n) is 2.85. The van der Waals surface area contributed by atoms with Crippen molar-refractivity contribution in [2.24, 2.45) is 0 Å². The molecule has 3 amide bonds. The molecule has 0 aromatic heterocycles. The summed E-state index contributed by atoms with van der Waals surface area (Å²) in [5, 5.41) is 5.24. The Balaban J connectivity index is 2.00. The average molecular weight is 444 g/mol. The number of nitrogens with one attached hydrogen (secondary N) is 2. The molecule has 0 saturated carbocycles. The van der Waals surface area contributed by atoms with E-state index in [0.717, 1.165) is 5.56 Å². The molecule has 2 aromatic carbocycles. The Hall–Kier alpha value is -3.59. The molecule has 0 aliphatic heterocycles. The predicted molar refractivity (Wildman–Crippen MR) is 120 cm³/mol. The Kier molecular flexibility index (Phi) is 9.49. The summed E-state index contributed by atoms with van der Waals surface area (Å²) in [6, 6.07) is 12.1. The molecular weight excluding hydrogens is 414 g/mol. The van der Waals surface area contributed by atoms with Gasteiger partial charge in [0.05, 0.1) is 39.5 Å². The van der Waals surface area contributed by atoms with Gasteiger partial charge in [-0.2, -0.15) is 0 Å². The zero-order valence-corrected chi connectivity index (χ0v) is 18.8. The van der Waals surface area contributed by atoms with Crippen molar-refractivity contribution in [3.63, 3.8) is 0 Å². The predicted octanol–water partition coefficient (Wildman–Crippen LogP) is 1.86. The van der Waals surface area contributed by atoms with Crippen LogP contribution in [-0.4, -0.2) is 70.2 Å². The van der Waals surface area contributed by atoms with Crippen molar-refractivity contribution in [3.05, 3.63) is 53.6 Å². The second-order valence-corrected chi connectivity index (χ2v) is 6.98. The molecule has 0 heterocycles. The van der Waals surface area contributed by atoms with Gasteiger partial charge in [0.1, 0.15) is 11.5 Å². The molecule has 0 atom stereocenters. The Morgan fingerprint density at radius 1 is 0.938 bits per heavy atom. The smallest absolute Gasteiger partial charge is 0.258 e. The van der Waals surface area contributed by atoms with Crippen LogP contribution in [-0.2, 0) is 14.3 Å². The number of rotatable bonds is 11. The molecule has 9 heteroatoms. The van der Waals surface area contributed by atoms with E-state index in [9.17, 15) is 14.4 Å². The summed E-state index contributed by atoms with van der Waals surface area (Å²) < 4.78 is 15.5. The fraction of sp³-hybridized carbons (Fsp3) is 0.348. The van der Waals surface area contributed by atoms with Crippen molar-refractivity contribution in [3.8, 4) is 11.5 Å². The molecule has 0 bridgehead atoms. The molecule has 0 saturated heterocycles. The molecular formula is C23H29N3O6. The first-order chi connectivity index (χ1) is 15.4.